The molecule has 0 aromatic heterocycles. The minimum Gasteiger partial charge on any atom is -0.495 e. The molecule has 0 saturated carbocycles. The summed E-state index contributed by atoms with van der Waals surface area (Å²) < 4.78 is 10.3. The Labute approximate surface area is 128 Å². The Morgan fingerprint density at radius 3 is 2.43 bits per heavy atom. The molecule has 0 heterocycles. The number of amides is 1. The quantitative estimate of drug-likeness (QED) is 0.916. The molecule has 21 heavy (non-hydrogen) atoms. The van der Waals surface area contributed by atoms with Crippen LogP contribution in [0.5, 0.6) is 5.75 Å². The molecule has 2 rings (SSSR count). The van der Waals surface area contributed by atoms with Gasteiger partial charge in [0.25, 0.3) is 5.91 Å². The topological polar surface area (TPSA) is 47.6 Å². The molecule has 2 aromatic carbocycles. The molecule has 5 heteroatoms. The summed E-state index contributed by atoms with van der Waals surface area (Å²) in [5.74, 6) is 0.297. The number of hydrogen-bond acceptors (Lipinski definition) is 3. The maximum absolute atomic E-state index is 12.3. The summed E-state index contributed by atoms with van der Waals surface area (Å²) in [6.45, 7) is 0. The van der Waals surface area contributed by atoms with E-state index >= 15 is 0 Å². The molecule has 110 valence electrons. The maximum atomic E-state index is 12.3. The van der Waals surface area contributed by atoms with E-state index in [1.54, 1.807) is 18.2 Å². The minimum atomic E-state index is -0.674. The monoisotopic (exact) mass is 305 g/mol. The zero-order valence-corrected chi connectivity index (χ0v) is 12.6. The summed E-state index contributed by atoms with van der Waals surface area (Å²) >= 11 is 6.04. The van der Waals surface area contributed by atoms with Crippen molar-refractivity contribution in [3.8, 4) is 5.75 Å². The van der Waals surface area contributed by atoms with E-state index in [9.17, 15) is 4.79 Å². The molecule has 0 aliphatic rings. The van der Waals surface area contributed by atoms with E-state index < -0.39 is 6.10 Å². The molecule has 1 N–H and O–H groups in total. The van der Waals surface area contributed by atoms with Gasteiger partial charge in [-0.3, -0.25) is 4.79 Å². The van der Waals surface area contributed by atoms with Crippen molar-refractivity contribution in [1.29, 1.82) is 0 Å². The molecule has 0 spiro atoms. The highest BCUT2D eigenvalue weighted by molar-refractivity contribution is 6.32. The van der Waals surface area contributed by atoms with E-state index in [0.717, 1.165) is 5.56 Å². The van der Waals surface area contributed by atoms with Crippen LogP contribution in [0.4, 0.5) is 5.69 Å². The number of nitrogens with one attached hydrogen (secondary N) is 1. The summed E-state index contributed by atoms with van der Waals surface area (Å²) in [5, 5.41) is 3.21. The number of halogens is 1. The minimum absolute atomic E-state index is 0.259. The Morgan fingerprint density at radius 1 is 1.14 bits per heavy atom. The van der Waals surface area contributed by atoms with E-state index in [-0.39, 0.29) is 5.91 Å². The SMILES string of the molecule is COc1ccc(NC(=O)[C@@H](OC)c2ccccc2)cc1Cl. The molecule has 0 bridgehead atoms. The van der Waals surface area contributed by atoms with Crippen LogP contribution in [0.3, 0.4) is 0 Å². The van der Waals surface area contributed by atoms with Gasteiger partial charge in [-0.15, -0.1) is 0 Å². The number of anilines is 1. The fourth-order valence-corrected chi connectivity index (χ4v) is 2.23. The normalized spacial score (nSPS) is 11.8. The van der Waals surface area contributed by atoms with Crippen LogP contribution in [-0.2, 0) is 9.53 Å². The average molecular weight is 306 g/mol. The molecular weight excluding hydrogens is 290 g/mol. The van der Waals surface area contributed by atoms with Crippen molar-refractivity contribution in [2.75, 3.05) is 19.5 Å². The Kier molecular flexibility index (Phi) is 5.20. The van der Waals surface area contributed by atoms with Gasteiger partial charge in [0.05, 0.1) is 12.1 Å². The molecular formula is C16H16ClNO3. The van der Waals surface area contributed by atoms with Gasteiger partial charge in [0.2, 0.25) is 0 Å². The summed E-state index contributed by atoms with van der Waals surface area (Å²) in [6, 6.07) is 14.3. The Hall–Kier alpha value is -2.04. The molecule has 0 unspecified atom stereocenters. The van der Waals surface area contributed by atoms with E-state index in [2.05, 4.69) is 5.32 Å². The van der Waals surface area contributed by atoms with Crippen molar-refractivity contribution in [3.05, 3.63) is 59.1 Å². The van der Waals surface area contributed by atoms with Crippen LogP contribution in [-0.4, -0.2) is 20.1 Å². The maximum Gasteiger partial charge on any atom is 0.258 e. The van der Waals surface area contributed by atoms with Crippen LogP contribution < -0.4 is 10.1 Å². The van der Waals surface area contributed by atoms with E-state index in [1.165, 1.54) is 14.2 Å². The first kappa shape index (κ1) is 15.4. The lowest BCUT2D eigenvalue weighted by Gasteiger charge is -2.16. The van der Waals surface area contributed by atoms with Crippen LogP contribution in [0.25, 0.3) is 0 Å². The number of ether oxygens (including phenoxy) is 2. The Morgan fingerprint density at radius 2 is 1.86 bits per heavy atom. The van der Waals surface area contributed by atoms with Crippen molar-refractivity contribution in [1.82, 2.24) is 0 Å². The molecule has 1 atom stereocenters. The summed E-state index contributed by atoms with van der Waals surface area (Å²) in [5.41, 5.74) is 1.38. The Bertz CT molecular complexity index is 616. The molecule has 2 aromatic rings. The van der Waals surface area contributed by atoms with Crippen LogP contribution in [0.1, 0.15) is 11.7 Å². The number of carbonyl (C=O) groups is 1. The first-order valence-corrected chi connectivity index (χ1v) is 6.75. The summed E-state index contributed by atoms with van der Waals surface area (Å²) in [7, 11) is 3.04. The highest BCUT2D eigenvalue weighted by Crippen LogP contribution is 2.28. The van der Waals surface area contributed by atoms with Crippen LogP contribution in [0, 0.1) is 0 Å². The lowest BCUT2D eigenvalue weighted by molar-refractivity contribution is -0.126. The van der Waals surface area contributed by atoms with Crippen LogP contribution >= 0.6 is 11.6 Å². The van der Waals surface area contributed by atoms with E-state index in [4.69, 9.17) is 21.1 Å². The lowest BCUT2D eigenvalue weighted by Crippen LogP contribution is -2.22. The summed E-state index contributed by atoms with van der Waals surface area (Å²) in [4.78, 5) is 12.3. The molecule has 0 aliphatic carbocycles. The van der Waals surface area contributed by atoms with Gasteiger partial charge in [-0.05, 0) is 23.8 Å². The highest BCUT2D eigenvalue weighted by atomic mass is 35.5. The summed E-state index contributed by atoms with van der Waals surface area (Å²) in [6.07, 6.45) is -0.674. The highest BCUT2D eigenvalue weighted by Gasteiger charge is 2.20. The van der Waals surface area contributed by atoms with Crippen molar-refractivity contribution in [2.24, 2.45) is 0 Å². The smallest absolute Gasteiger partial charge is 0.258 e. The second-order valence-corrected chi connectivity index (χ2v) is 4.77. The third-order valence-electron chi connectivity index (χ3n) is 3.00. The van der Waals surface area contributed by atoms with Gasteiger partial charge in [0.1, 0.15) is 5.75 Å². The predicted molar refractivity (Wildman–Crippen MR) is 82.8 cm³/mol. The van der Waals surface area contributed by atoms with Crippen molar-refractivity contribution < 1.29 is 14.3 Å². The lowest BCUT2D eigenvalue weighted by atomic mass is 10.1. The predicted octanol–water partition coefficient (Wildman–Crippen LogP) is 3.67. The third-order valence-corrected chi connectivity index (χ3v) is 3.29. The first-order chi connectivity index (χ1) is 10.2. The molecule has 0 fully saturated rings. The molecule has 1 amide bonds. The van der Waals surface area contributed by atoms with Crippen molar-refractivity contribution in [2.45, 2.75) is 6.10 Å². The van der Waals surface area contributed by atoms with Gasteiger partial charge in [-0.25, -0.2) is 0 Å². The van der Waals surface area contributed by atoms with Crippen molar-refractivity contribution >= 4 is 23.2 Å². The first-order valence-electron chi connectivity index (χ1n) is 6.38. The number of methoxy groups -OCH3 is 2. The van der Waals surface area contributed by atoms with Gasteiger partial charge in [-0.1, -0.05) is 41.9 Å². The zero-order chi connectivity index (χ0) is 15.2. The Balaban J connectivity index is 2.15. The zero-order valence-electron chi connectivity index (χ0n) is 11.8. The molecule has 0 aliphatic heterocycles. The largest absolute Gasteiger partial charge is 0.495 e. The van der Waals surface area contributed by atoms with Crippen molar-refractivity contribution in [3.63, 3.8) is 0 Å². The van der Waals surface area contributed by atoms with Gasteiger partial charge >= 0.3 is 0 Å². The average Bonchev–Trinajstić information content (AvgIpc) is 2.49. The molecule has 0 radical (unpaired) electrons. The number of hydrogen-bond donors (Lipinski definition) is 1. The van der Waals surface area contributed by atoms with E-state index in [1.807, 2.05) is 30.3 Å². The molecule has 0 saturated heterocycles. The van der Waals surface area contributed by atoms with E-state index in [0.29, 0.717) is 16.5 Å². The number of benzene rings is 2. The second-order valence-electron chi connectivity index (χ2n) is 4.37. The number of rotatable bonds is 5. The fourth-order valence-electron chi connectivity index (χ4n) is 1.97. The van der Waals surface area contributed by atoms with Gasteiger partial charge in [0.15, 0.2) is 6.10 Å². The fraction of sp³-hybridized carbons (Fsp3) is 0.188. The van der Waals surface area contributed by atoms with Gasteiger partial charge in [-0.2, -0.15) is 0 Å². The standard InChI is InChI=1S/C16H16ClNO3/c1-20-14-9-8-12(10-13(14)17)18-16(19)15(21-2)11-6-4-3-5-7-11/h3-10,15H,1-2H3,(H,18,19)/t15-/m0/s1. The molecule has 4 nitrogen and oxygen atoms in total. The van der Waals surface area contributed by atoms with Crippen LogP contribution in [0.15, 0.2) is 48.5 Å². The second kappa shape index (κ2) is 7.11. The van der Waals surface area contributed by atoms with Gasteiger partial charge in [0, 0.05) is 12.8 Å². The van der Waals surface area contributed by atoms with Gasteiger partial charge < -0.3 is 14.8 Å². The van der Waals surface area contributed by atoms with Crippen LogP contribution in [0.2, 0.25) is 5.02 Å². The third kappa shape index (κ3) is 3.74. The number of carbonyl (C=O) groups excluding carboxylic acids is 1.